The van der Waals surface area contributed by atoms with Crippen LogP contribution in [0.25, 0.3) is 0 Å². The number of amides is 1. The molecule has 1 aliphatic carbocycles. The number of rotatable bonds is 3. The topological polar surface area (TPSA) is 49.3 Å². The van der Waals surface area contributed by atoms with E-state index in [1.54, 1.807) is 6.92 Å². The first-order chi connectivity index (χ1) is 13.7. The Labute approximate surface area is 168 Å². The molecule has 5 nitrogen and oxygen atoms in total. The fourth-order valence-corrected chi connectivity index (χ4v) is 5.17. The third-order valence-electron chi connectivity index (χ3n) is 6.61. The molecule has 1 unspecified atom stereocenters. The van der Waals surface area contributed by atoms with Gasteiger partial charge in [0.05, 0.1) is 6.04 Å². The molecular formula is C23H32N4O. The van der Waals surface area contributed by atoms with E-state index >= 15 is 0 Å². The van der Waals surface area contributed by atoms with Crippen LogP contribution in [0.1, 0.15) is 81.4 Å². The monoisotopic (exact) mass is 380 g/mol. The fourth-order valence-electron chi connectivity index (χ4n) is 5.17. The van der Waals surface area contributed by atoms with Crippen molar-refractivity contribution in [3.05, 3.63) is 17.1 Å². The Morgan fingerprint density at radius 3 is 2.68 bits per heavy atom. The quantitative estimate of drug-likeness (QED) is 0.749. The average Bonchev–Trinajstić information content (AvgIpc) is 3.19. The Kier molecular flexibility index (Phi) is 5.85. The van der Waals surface area contributed by atoms with E-state index in [0.29, 0.717) is 0 Å². The molecule has 1 amide bonds. The maximum absolute atomic E-state index is 12.4. The highest BCUT2D eigenvalue weighted by Crippen LogP contribution is 2.35. The second-order valence-corrected chi connectivity index (χ2v) is 8.55. The Hall–Kier alpha value is -2.09. The molecule has 0 spiro atoms. The molecule has 4 rings (SSSR count). The van der Waals surface area contributed by atoms with E-state index in [2.05, 4.69) is 23.7 Å². The van der Waals surface area contributed by atoms with Crippen molar-refractivity contribution in [2.75, 3.05) is 24.5 Å². The SMILES string of the molecule is CC#CC(=O)N1CCCC1c1nc(C)c2c(n1)N(CC1CCCCC1)CCC2. The molecule has 150 valence electrons. The number of carbonyl (C=O) groups excluding carboxylic acids is 1. The van der Waals surface area contributed by atoms with Gasteiger partial charge in [-0.15, -0.1) is 0 Å². The van der Waals surface area contributed by atoms with E-state index in [9.17, 15) is 4.79 Å². The highest BCUT2D eigenvalue weighted by Gasteiger charge is 2.33. The molecular weight excluding hydrogens is 348 g/mol. The number of aryl methyl sites for hydroxylation is 1. The highest BCUT2D eigenvalue weighted by atomic mass is 16.2. The second-order valence-electron chi connectivity index (χ2n) is 8.55. The van der Waals surface area contributed by atoms with E-state index in [0.717, 1.165) is 62.2 Å². The lowest BCUT2D eigenvalue weighted by atomic mass is 9.88. The minimum absolute atomic E-state index is 0.0317. The van der Waals surface area contributed by atoms with Gasteiger partial charge in [0.15, 0.2) is 5.82 Å². The Balaban J connectivity index is 1.61. The summed E-state index contributed by atoms with van der Waals surface area (Å²) >= 11 is 0. The summed E-state index contributed by atoms with van der Waals surface area (Å²) in [6.07, 6.45) is 11.0. The number of aromatic nitrogens is 2. The van der Waals surface area contributed by atoms with Gasteiger partial charge in [-0.25, -0.2) is 9.97 Å². The van der Waals surface area contributed by atoms with Gasteiger partial charge in [0, 0.05) is 30.9 Å². The first kappa shape index (κ1) is 19.2. The highest BCUT2D eigenvalue weighted by molar-refractivity contribution is 5.93. The van der Waals surface area contributed by atoms with Gasteiger partial charge in [-0.3, -0.25) is 4.79 Å². The van der Waals surface area contributed by atoms with Gasteiger partial charge in [-0.05, 0) is 64.2 Å². The van der Waals surface area contributed by atoms with Crippen LogP contribution >= 0.6 is 0 Å². The van der Waals surface area contributed by atoms with Crippen molar-refractivity contribution in [1.29, 1.82) is 0 Å². The van der Waals surface area contributed by atoms with Gasteiger partial charge in [-0.2, -0.15) is 0 Å². The molecule has 3 aliphatic rings. The zero-order chi connectivity index (χ0) is 19.5. The lowest BCUT2D eigenvalue weighted by Gasteiger charge is -2.35. The van der Waals surface area contributed by atoms with Crippen LogP contribution in [0, 0.1) is 24.7 Å². The normalized spacial score (nSPS) is 22.6. The van der Waals surface area contributed by atoms with Gasteiger partial charge >= 0.3 is 0 Å². The number of carbonyl (C=O) groups is 1. The molecule has 1 atom stereocenters. The molecule has 0 radical (unpaired) electrons. The van der Waals surface area contributed by atoms with Crippen LogP contribution in [0.4, 0.5) is 5.82 Å². The fraction of sp³-hybridized carbons (Fsp3) is 0.696. The van der Waals surface area contributed by atoms with E-state index in [1.807, 2.05) is 4.90 Å². The summed E-state index contributed by atoms with van der Waals surface area (Å²) in [6, 6.07) is -0.0317. The van der Waals surface area contributed by atoms with E-state index in [4.69, 9.17) is 9.97 Å². The minimum Gasteiger partial charge on any atom is -0.356 e. The van der Waals surface area contributed by atoms with Crippen molar-refractivity contribution in [2.45, 2.75) is 77.7 Å². The number of nitrogens with zero attached hydrogens (tertiary/aromatic N) is 4. The molecule has 1 aromatic heterocycles. The van der Waals surface area contributed by atoms with Gasteiger partial charge in [0.2, 0.25) is 0 Å². The number of hydrogen-bond acceptors (Lipinski definition) is 4. The number of hydrogen-bond donors (Lipinski definition) is 0. The lowest BCUT2D eigenvalue weighted by molar-refractivity contribution is -0.126. The van der Waals surface area contributed by atoms with E-state index < -0.39 is 0 Å². The minimum atomic E-state index is -0.0944. The second kappa shape index (κ2) is 8.51. The third kappa shape index (κ3) is 3.87. The maximum atomic E-state index is 12.4. The Morgan fingerprint density at radius 1 is 1.07 bits per heavy atom. The predicted octanol–water partition coefficient (Wildman–Crippen LogP) is 3.80. The molecule has 1 aromatic rings. The van der Waals surface area contributed by atoms with Crippen LogP contribution in [0.5, 0.6) is 0 Å². The lowest BCUT2D eigenvalue weighted by Crippen LogP contribution is -2.37. The van der Waals surface area contributed by atoms with Crippen molar-refractivity contribution in [1.82, 2.24) is 14.9 Å². The summed E-state index contributed by atoms with van der Waals surface area (Å²) in [6.45, 7) is 6.79. The van der Waals surface area contributed by atoms with Gasteiger partial charge in [0.1, 0.15) is 5.82 Å². The summed E-state index contributed by atoms with van der Waals surface area (Å²) in [7, 11) is 0. The van der Waals surface area contributed by atoms with Crippen molar-refractivity contribution in [3.8, 4) is 11.8 Å². The van der Waals surface area contributed by atoms with Crippen molar-refractivity contribution < 1.29 is 4.79 Å². The first-order valence-corrected chi connectivity index (χ1v) is 11.0. The summed E-state index contributed by atoms with van der Waals surface area (Å²) in [4.78, 5) is 26.7. The van der Waals surface area contributed by atoms with Gasteiger partial charge in [0.25, 0.3) is 5.91 Å². The van der Waals surface area contributed by atoms with Crippen molar-refractivity contribution >= 4 is 11.7 Å². The molecule has 5 heteroatoms. The largest absolute Gasteiger partial charge is 0.356 e. The third-order valence-corrected chi connectivity index (χ3v) is 6.61. The Bertz CT molecular complexity index is 788. The summed E-state index contributed by atoms with van der Waals surface area (Å²) in [5, 5.41) is 0. The van der Waals surface area contributed by atoms with Crippen LogP contribution in [-0.4, -0.2) is 40.4 Å². The molecule has 0 bridgehead atoms. The van der Waals surface area contributed by atoms with E-state index in [1.165, 1.54) is 44.1 Å². The molecule has 0 N–H and O–H groups in total. The molecule has 0 aromatic carbocycles. The molecule has 2 fully saturated rings. The van der Waals surface area contributed by atoms with Crippen LogP contribution in [0.15, 0.2) is 0 Å². The summed E-state index contributed by atoms with van der Waals surface area (Å²) in [5.41, 5.74) is 2.41. The summed E-state index contributed by atoms with van der Waals surface area (Å²) in [5.74, 6) is 8.09. The summed E-state index contributed by atoms with van der Waals surface area (Å²) < 4.78 is 0. The molecule has 1 saturated heterocycles. The van der Waals surface area contributed by atoms with Gasteiger partial charge < -0.3 is 9.80 Å². The zero-order valence-electron chi connectivity index (χ0n) is 17.3. The van der Waals surface area contributed by atoms with Crippen LogP contribution < -0.4 is 4.90 Å². The molecule has 28 heavy (non-hydrogen) atoms. The van der Waals surface area contributed by atoms with Crippen LogP contribution in [0.3, 0.4) is 0 Å². The van der Waals surface area contributed by atoms with Crippen molar-refractivity contribution in [2.24, 2.45) is 5.92 Å². The molecule has 1 saturated carbocycles. The maximum Gasteiger partial charge on any atom is 0.299 e. The van der Waals surface area contributed by atoms with Crippen LogP contribution in [-0.2, 0) is 11.2 Å². The van der Waals surface area contributed by atoms with E-state index in [-0.39, 0.29) is 11.9 Å². The average molecular weight is 381 g/mol. The number of likely N-dealkylation sites (tertiary alicyclic amines) is 1. The smallest absolute Gasteiger partial charge is 0.299 e. The molecule has 2 aliphatic heterocycles. The van der Waals surface area contributed by atoms with Crippen molar-refractivity contribution in [3.63, 3.8) is 0 Å². The number of fused-ring (bicyclic) bond motifs is 1. The van der Waals surface area contributed by atoms with Crippen LogP contribution in [0.2, 0.25) is 0 Å². The predicted molar refractivity (Wildman–Crippen MR) is 111 cm³/mol. The van der Waals surface area contributed by atoms with Gasteiger partial charge in [-0.1, -0.05) is 25.2 Å². The Morgan fingerprint density at radius 2 is 1.89 bits per heavy atom. The number of anilines is 1. The first-order valence-electron chi connectivity index (χ1n) is 11.0. The zero-order valence-corrected chi connectivity index (χ0v) is 17.3. The standard InChI is InChI=1S/C23H32N4O/c1-3-9-21(28)27-15-8-13-20(27)22-24-17(2)19-12-7-14-26(23(19)25-22)16-18-10-5-4-6-11-18/h18,20H,4-8,10-16H2,1-2H3. The molecule has 3 heterocycles.